The van der Waals surface area contributed by atoms with Crippen molar-refractivity contribution in [1.82, 2.24) is 20.2 Å². The van der Waals surface area contributed by atoms with Crippen molar-refractivity contribution in [2.45, 2.75) is 51.7 Å². The van der Waals surface area contributed by atoms with Crippen molar-refractivity contribution in [3.05, 3.63) is 29.3 Å². The first kappa shape index (κ1) is 17.5. The summed E-state index contributed by atoms with van der Waals surface area (Å²) in [6, 6.07) is 6.05. The largest absolute Gasteiger partial charge is 0.325 e. The third-order valence-electron chi connectivity index (χ3n) is 3.41. The van der Waals surface area contributed by atoms with Crippen LogP contribution in [-0.4, -0.2) is 31.9 Å². The van der Waals surface area contributed by atoms with Gasteiger partial charge in [0.1, 0.15) is 0 Å². The van der Waals surface area contributed by atoms with E-state index in [9.17, 15) is 4.79 Å². The maximum atomic E-state index is 12.3. The number of para-hydroxylation sites is 1. The molecule has 0 spiro atoms. The number of hydrogen-bond donors (Lipinski definition) is 1. The van der Waals surface area contributed by atoms with Gasteiger partial charge in [-0.05, 0) is 55.7 Å². The van der Waals surface area contributed by atoms with E-state index in [2.05, 4.69) is 27.8 Å². The van der Waals surface area contributed by atoms with Crippen molar-refractivity contribution in [3.63, 3.8) is 0 Å². The van der Waals surface area contributed by atoms with Crippen molar-refractivity contribution >= 4 is 23.4 Å². The lowest BCUT2D eigenvalue weighted by Gasteiger charge is -2.19. The molecule has 23 heavy (non-hydrogen) atoms. The van der Waals surface area contributed by atoms with E-state index < -0.39 is 0 Å². The Hall–Kier alpha value is -1.89. The molecule has 0 aliphatic heterocycles. The van der Waals surface area contributed by atoms with E-state index in [1.807, 2.05) is 45.9 Å². The summed E-state index contributed by atoms with van der Waals surface area (Å²) in [7, 11) is 0. The number of anilines is 1. The fourth-order valence-electron chi connectivity index (χ4n) is 2.20. The SMILES string of the molecule is CCc1cccc(C)c1NC(=O)CSc1nnnn1C(C)(C)C. The molecule has 0 saturated carbocycles. The Balaban J connectivity index is 2.03. The van der Waals surface area contributed by atoms with Crippen LogP contribution in [0.2, 0.25) is 0 Å². The summed E-state index contributed by atoms with van der Waals surface area (Å²) in [4.78, 5) is 12.3. The van der Waals surface area contributed by atoms with E-state index >= 15 is 0 Å². The summed E-state index contributed by atoms with van der Waals surface area (Å²) in [5, 5.41) is 15.4. The lowest BCUT2D eigenvalue weighted by atomic mass is 10.1. The molecule has 0 saturated heterocycles. The summed E-state index contributed by atoms with van der Waals surface area (Å²) in [6.45, 7) is 10.1. The van der Waals surface area contributed by atoms with Crippen LogP contribution in [0.5, 0.6) is 0 Å². The summed E-state index contributed by atoms with van der Waals surface area (Å²) in [5.74, 6) is 0.218. The molecular formula is C16H23N5OS. The first-order chi connectivity index (χ1) is 10.8. The highest BCUT2D eigenvalue weighted by molar-refractivity contribution is 7.99. The van der Waals surface area contributed by atoms with Crippen molar-refractivity contribution < 1.29 is 4.79 Å². The third-order valence-corrected chi connectivity index (χ3v) is 4.33. The monoisotopic (exact) mass is 333 g/mol. The van der Waals surface area contributed by atoms with Gasteiger partial charge < -0.3 is 5.32 Å². The number of tetrazole rings is 1. The second-order valence-corrected chi connectivity index (χ2v) is 7.29. The molecule has 1 amide bonds. The number of carbonyl (C=O) groups excluding carboxylic acids is 1. The van der Waals surface area contributed by atoms with Gasteiger partial charge in [-0.2, -0.15) is 0 Å². The van der Waals surface area contributed by atoms with Crippen LogP contribution >= 0.6 is 11.8 Å². The van der Waals surface area contributed by atoms with Gasteiger partial charge in [0, 0.05) is 5.69 Å². The molecule has 2 aromatic rings. The van der Waals surface area contributed by atoms with E-state index in [1.54, 1.807) is 4.68 Å². The van der Waals surface area contributed by atoms with Gasteiger partial charge in [0.15, 0.2) is 0 Å². The van der Waals surface area contributed by atoms with E-state index in [1.165, 1.54) is 11.8 Å². The zero-order valence-corrected chi connectivity index (χ0v) is 15.1. The van der Waals surface area contributed by atoms with Gasteiger partial charge in [-0.15, -0.1) is 5.10 Å². The summed E-state index contributed by atoms with van der Waals surface area (Å²) < 4.78 is 1.73. The van der Waals surface area contributed by atoms with Gasteiger partial charge in [0.25, 0.3) is 0 Å². The molecule has 1 heterocycles. The number of aryl methyl sites for hydroxylation is 2. The van der Waals surface area contributed by atoms with Crippen LogP contribution < -0.4 is 5.32 Å². The van der Waals surface area contributed by atoms with Gasteiger partial charge in [0.05, 0.1) is 11.3 Å². The van der Waals surface area contributed by atoms with Crippen LogP contribution in [0.25, 0.3) is 0 Å². The zero-order valence-electron chi connectivity index (χ0n) is 14.3. The number of nitrogens with one attached hydrogen (secondary N) is 1. The van der Waals surface area contributed by atoms with Gasteiger partial charge >= 0.3 is 0 Å². The second-order valence-electron chi connectivity index (χ2n) is 6.34. The normalized spacial score (nSPS) is 11.5. The smallest absolute Gasteiger partial charge is 0.234 e. The molecule has 1 aromatic carbocycles. The highest BCUT2D eigenvalue weighted by atomic mass is 32.2. The summed E-state index contributed by atoms with van der Waals surface area (Å²) in [5.41, 5.74) is 2.91. The number of carbonyl (C=O) groups is 1. The molecule has 1 N–H and O–H groups in total. The average Bonchev–Trinajstić information content (AvgIpc) is 2.96. The maximum absolute atomic E-state index is 12.3. The molecule has 0 fully saturated rings. The fraction of sp³-hybridized carbons (Fsp3) is 0.500. The minimum absolute atomic E-state index is 0.0533. The van der Waals surface area contributed by atoms with E-state index in [0.717, 1.165) is 23.2 Å². The minimum Gasteiger partial charge on any atom is -0.325 e. The molecule has 0 radical (unpaired) electrons. The van der Waals surface area contributed by atoms with Crippen LogP contribution in [0, 0.1) is 6.92 Å². The Morgan fingerprint density at radius 1 is 1.35 bits per heavy atom. The van der Waals surface area contributed by atoms with Crippen LogP contribution in [0.1, 0.15) is 38.8 Å². The summed E-state index contributed by atoms with van der Waals surface area (Å²) in [6.07, 6.45) is 0.882. The molecule has 124 valence electrons. The number of amides is 1. The van der Waals surface area contributed by atoms with E-state index in [4.69, 9.17) is 0 Å². The highest BCUT2D eigenvalue weighted by Gasteiger charge is 2.20. The van der Waals surface area contributed by atoms with Gasteiger partial charge in [0.2, 0.25) is 11.1 Å². The van der Waals surface area contributed by atoms with Crippen LogP contribution in [0.4, 0.5) is 5.69 Å². The molecule has 0 aliphatic rings. The molecule has 0 unspecified atom stereocenters. The number of hydrogen-bond acceptors (Lipinski definition) is 5. The Bertz CT molecular complexity index is 690. The van der Waals surface area contributed by atoms with Crippen LogP contribution in [-0.2, 0) is 16.8 Å². The fourth-order valence-corrected chi connectivity index (χ4v) is 3.06. The lowest BCUT2D eigenvalue weighted by Crippen LogP contribution is -2.25. The van der Waals surface area contributed by atoms with Crippen molar-refractivity contribution in [1.29, 1.82) is 0 Å². The molecule has 0 atom stereocenters. The predicted octanol–water partition coefficient (Wildman–Crippen LogP) is 3.03. The first-order valence-electron chi connectivity index (χ1n) is 7.63. The van der Waals surface area contributed by atoms with Crippen LogP contribution in [0.15, 0.2) is 23.4 Å². The topological polar surface area (TPSA) is 72.7 Å². The molecule has 1 aromatic heterocycles. The number of benzene rings is 1. The quantitative estimate of drug-likeness (QED) is 0.852. The number of aromatic nitrogens is 4. The lowest BCUT2D eigenvalue weighted by molar-refractivity contribution is -0.113. The second kappa shape index (κ2) is 7.12. The van der Waals surface area contributed by atoms with Gasteiger partial charge in [-0.1, -0.05) is 36.9 Å². The van der Waals surface area contributed by atoms with Crippen LogP contribution in [0.3, 0.4) is 0 Å². The van der Waals surface area contributed by atoms with Crippen molar-refractivity contribution in [2.75, 3.05) is 11.1 Å². The highest BCUT2D eigenvalue weighted by Crippen LogP contribution is 2.23. The maximum Gasteiger partial charge on any atom is 0.234 e. The zero-order chi connectivity index (χ0) is 17.0. The molecule has 6 nitrogen and oxygen atoms in total. The van der Waals surface area contributed by atoms with Crippen molar-refractivity contribution in [3.8, 4) is 0 Å². The number of nitrogens with zero attached hydrogens (tertiary/aromatic N) is 4. The molecule has 0 aliphatic carbocycles. The van der Waals surface area contributed by atoms with E-state index in [-0.39, 0.29) is 17.2 Å². The first-order valence-corrected chi connectivity index (χ1v) is 8.61. The van der Waals surface area contributed by atoms with Crippen molar-refractivity contribution in [2.24, 2.45) is 0 Å². The molecule has 0 bridgehead atoms. The standard InChI is InChI=1S/C16H23N5OS/c1-6-12-9-7-8-11(2)14(12)17-13(22)10-23-15-18-19-20-21(15)16(3,4)5/h7-9H,6,10H2,1-5H3,(H,17,22). The Morgan fingerprint density at radius 3 is 2.74 bits per heavy atom. The molecule has 7 heteroatoms. The molecule has 2 rings (SSSR count). The van der Waals surface area contributed by atoms with Gasteiger partial charge in [-0.25, -0.2) is 4.68 Å². The Morgan fingerprint density at radius 2 is 2.09 bits per heavy atom. The van der Waals surface area contributed by atoms with E-state index in [0.29, 0.717) is 5.16 Å². The van der Waals surface area contributed by atoms with Gasteiger partial charge in [-0.3, -0.25) is 4.79 Å². The summed E-state index contributed by atoms with van der Waals surface area (Å²) >= 11 is 1.34. The number of thioether (sulfide) groups is 1. The predicted molar refractivity (Wildman–Crippen MR) is 92.7 cm³/mol. The Kier molecular flexibility index (Phi) is 5.41. The minimum atomic E-state index is -0.215. The Labute approximate surface area is 141 Å². The molecular weight excluding hydrogens is 310 g/mol. The average molecular weight is 333 g/mol. The number of rotatable bonds is 5. The third kappa shape index (κ3) is 4.31.